The molecule has 26 heavy (non-hydrogen) atoms. The van der Waals surface area contributed by atoms with Crippen LogP contribution in [0.3, 0.4) is 0 Å². The number of hydrogen-bond acceptors (Lipinski definition) is 3. The van der Waals surface area contributed by atoms with Gasteiger partial charge in [-0.2, -0.15) is 4.31 Å². The molecule has 0 aliphatic carbocycles. The molecule has 4 rings (SSSR count). The van der Waals surface area contributed by atoms with E-state index >= 15 is 0 Å². The number of aromatic nitrogens is 1. The Labute approximate surface area is 153 Å². The molecule has 3 heterocycles. The highest BCUT2D eigenvalue weighted by atomic mass is 32.2. The largest absolute Gasteiger partial charge is 0.311 e. The summed E-state index contributed by atoms with van der Waals surface area (Å²) >= 11 is 0. The van der Waals surface area contributed by atoms with Gasteiger partial charge < -0.3 is 4.57 Å². The smallest absolute Gasteiger partial charge is 0.258 e. The number of rotatable bonds is 3. The fourth-order valence-corrected chi connectivity index (χ4v) is 5.75. The van der Waals surface area contributed by atoms with E-state index in [0.29, 0.717) is 30.1 Å². The zero-order chi connectivity index (χ0) is 18.3. The standard InChI is InChI=1S/C20H22N2O3S/c1-2-6-16-9-10-19-17-11-15(13-22(19)20(16)23)12-21(14-17)26(24,25)18-7-4-3-5-8-18/h2-10,15,17H,11-14H2,1H3/t15-,17-/m1/s1. The second-order valence-corrected chi connectivity index (χ2v) is 9.00. The first-order valence-corrected chi connectivity index (χ1v) is 10.4. The van der Waals surface area contributed by atoms with Gasteiger partial charge in [0.15, 0.2) is 0 Å². The van der Waals surface area contributed by atoms with Crippen molar-refractivity contribution < 1.29 is 8.42 Å². The first-order valence-electron chi connectivity index (χ1n) is 8.92. The molecule has 136 valence electrons. The summed E-state index contributed by atoms with van der Waals surface area (Å²) in [4.78, 5) is 13.0. The van der Waals surface area contributed by atoms with Gasteiger partial charge in [-0.15, -0.1) is 0 Å². The minimum Gasteiger partial charge on any atom is -0.311 e. The van der Waals surface area contributed by atoms with Gasteiger partial charge in [0, 0.05) is 36.8 Å². The summed E-state index contributed by atoms with van der Waals surface area (Å²) in [5.74, 6) is 0.228. The summed E-state index contributed by atoms with van der Waals surface area (Å²) in [6, 6.07) is 12.4. The van der Waals surface area contributed by atoms with Gasteiger partial charge in [-0.05, 0) is 43.5 Å². The van der Waals surface area contributed by atoms with Gasteiger partial charge in [0.05, 0.1) is 4.90 Å². The number of fused-ring (bicyclic) bond motifs is 4. The van der Waals surface area contributed by atoms with E-state index in [1.165, 1.54) is 0 Å². The number of sulfonamides is 1. The van der Waals surface area contributed by atoms with E-state index in [4.69, 9.17) is 0 Å². The van der Waals surface area contributed by atoms with Gasteiger partial charge in [-0.25, -0.2) is 8.42 Å². The highest BCUT2D eigenvalue weighted by Gasteiger charge is 2.39. The Kier molecular flexibility index (Phi) is 4.32. The Bertz CT molecular complexity index is 1010. The summed E-state index contributed by atoms with van der Waals surface area (Å²) in [6.07, 6.45) is 4.62. The van der Waals surface area contributed by atoms with Crippen molar-refractivity contribution in [3.05, 3.63) is 70.2 Å². The molecule has 1 aromatic carbocycles. The van der Waals surface area contributed by atoms with E-state index in [1.807, 2.05) is 41.8 Å². The van der Waals surface area contributed by atoms with E-state index < -0.39 is 10.0 Å². The lowest BCUT2D eigenvalue weighted by atomic mass is 9.84. The predicted molar refractivity (Wildman–Crippen MR) is 101 cm³/mol. The lowest BCUT2D eigenvalue weighted by molar-refractivity contribution is 0.186. The number of pyridine rings is 1. The lowest BCUT2D eigenvalue weighted by Crippen LogP contribution is -2.49. The van der Waals surface area contributed by atoms with Crippen LogP contribution in [0.4, 0.5) is 0 Å². The molecule has 0 N–H and O–H groups in total. The minimum absolute atomic E-state index is 0.0228. The second-order valence-electron chi connectivity index (χ2n) is 7.06. The summed E-state index contributed by atoms with van der Waals surface area (Å²) in [5.41, 5.74) is 1.66. The number of hydrogen-bond donors (Lipinski definition) is 0. The Balaban J connectivity index is 1.69. The van der Waals surface area contributed by atoms with Crippen LogP contribution in [-0.4, -0.2) is 30.4 Å². The van der Waals surface area contributed by atoms with Crippen LogP contribution in [0.25, 0.3) is 6.08 Å². The van der Waals surface area contributed by atoms with Gasteiger partial charge in [0.2, 0.25) is 10.0 Å². The fourth-order valence-electron chi connectivity index (χ4n) is 4.16. The normalized spacial score (nSPS) is 23.1. The Morgan fingerprint density at radius 3 is 2.54 bits per heavy atom. The van der Waals surface area contributed by atoms with E-state index in [9.17, 15) is 13.2 Å². The molecule has 5 nitrogen and oxygen atoms in total. The number of benzene rings is 1. The van der Waals surface area contributed by atoms with Crippen LogP contribution in [-0.2, 0) is 16.6 Å². The van der Waals surface area contributed by atoms with E-state index in [1.54, 1.807) is 28.6 Å². The molecule has 2 aromatic rings. The monoisotopic (exact) mass is 370 g/mol. The lowest BCUT2D eigenvalue weighted by Gasteiger charge is -2.42. The summed E-state index contributed by atoms with van der Waals surface area (Å²) in [7, 11) is -3.50. The van der Waals surface area contributed by atoms with E-state index in [0.717, 1.165) is 12.1 Å². The molecular formula is C20H22N2O3S. The third-order valence-electron chi connectivity index (χ3n) is 5.33. The van der Waals surface area contributed by atoms with Crippen molar-refractivity contribution in [1.82, 2.24) is 8.87 Å². The van der Waals surface area contributed by atoms with Crippen molar-refractivity contribution in [1.29, 1.82) is 0 Å². The molecule has 1 saturated heterocycles. The van der Waals surface area contributed by atoms with Crippen molar-refractivity contribution in [2.75, 3.05) is 13.1 Å². The zero-order valence-corrected chi connectivity index (χ0v) is 15.5. The Hall–Kier alpha value is -2.18. The molecular weight excluding hydrogens is 348 g/mol. The summed E-state index contributed by atoms with van der Waals surface area (Å²) in [6.45, 7) is 3.37. The topological polar surface area (TPSA) is 59.4 Å². The van der Waals surface area contributed by atoms with Crippen molar-refractivity contribution in [3.63, 3.8) is 0 Å². The van der Waals surface area contributed by atoms with Crippen LogP contribution in [0.2, 0.25) is 0 Å². The fraction of sp³-hybridized carbons (Fsp3) is 0.350. The molecule has 1 aromatic heterocycles. The highest BCUT2D eigenvalue weighted by molar-refractivity contribution is 7.89. The van der Waals surface area contributed by atoms with Crippen molar-refractivity contribution in [2.45, 2.75) is 30.7 Å². The van der Waals surface area contributed by atoms with Crippen LogP contribution in [0.5, 0.6) is 0 Å². The molecule has 6 heteroatoms. The van der Waals surface area contributed by atoms with Crippen LogP contribution in [0.15, 0.2) is 58.2 Å². The van der Waals surface area contributed by atoms with Gasteiger partial charge in [0.1, 0.15) is 0 Å². The van der Waals surface area contributed by atoms with Gasteiger partial charge in [-0.3, -0.25) is 4.79 Å². The third-order valence-corrected chi connectivity index (χ3v) is 7.17. The van der Waals surface area contributed by atoms with Crippen LogP contribution < -0.4 is 5.56 Å². The van der Waals surface area contributed by atoms with Crippen molar-refractivity contribution in [2.24, 2.45) is 5.92 Å². The second kappa shape index (κ2) is 6.52. The van der Waals surface area contributed by atoms with Crippen molar-refractivity contribution >= 4 is 16.1 Å². The Morgan fingerprint density at radius 2 is 1.81 bits per heavy atom. The Morgan fingerprint density at radius 1 is 1.04 bits per heavy atom. The average molecular weight is 370 g/mol. The maximum Gasteiger partial charge on any atom is 0.258 e. The summed E-state index contributed by atoms with van der Waals surface area (Å²) < 4.78 is 29.4. The molecule has 2 aliphatic rings. The maximum absolute atomic E-state index is 13.0. The number of piperidine rings is 1. The highest BCUT2D eigenvalue weighted by Crippen LogP contribution is 2.37. The van der Waals surface area contributed by atoms with Crippen molar-refractivity contribution in [3.8, 4) is 0 Å². The quantitative estimate of drug-likeness (QED) is 0.835. The molecule has 2 bridgehead atoms. The van der Waals surface area contributed by atoms with E-state index in [2.05, 4.69) is 0 Å². The average Bonchev–Trinajstić information content (AvgIpc) is 2.65. The molecule has 0 radical (unpaired) electrons. The number of nitrogens with zero attached hydrogens (tertiary/aromatic N) is 2. The molecule has 2 atom stereocenters. The molecule has 0 amide bonds. The van der Waals surface area contributed by atoms with Gasteiger partial charge >= 0.3 is 0 Å². The number of allylic oxidation sites excluding steroid dienone is 1. The van der Waals surface area contributed by atoms with Gasteiger partial charge in [0.25, 0.3) is 5.56 Å². The molecule has 0 saturated carbocycles. The third kappa shape index (κ3) is 2.83. The SMILES string of the molecule is CC=Cc1ccc2n(c1=O)C[C@@H]1C[C@@H]2CN(S(=O)(=O)c2ccccc2)C1. The summed E-state index contributed by atoms with van der Waals surface area (Å²) in [5, 5.41) is 0. The van der Waals surface area contributed by atoms with Gasteiger partial charge in [-0.1, -0.05) is 30.4 Å². The molecule has 0 spiro atoms. The predicted octanol–water partition coefficient (Wildman–Crippen LogP) is 2.69. The van der Waals surface area contributed by atoms with Crippen LogP contribution >= 0.6 is 0 Å². The molecule has 0 unspecified atom stereocenters. The zero-order valence-electron chi connectivity index (χ0n) is 14.7. The van der Waals surface area contributed by atoms with Crippen LogP contribution in [0.1, 0.15) is 30.5 Å². The molecule has 1 fully saturated rings. The minimum atomic E-state index is -3.50. The van der Waals surface area contributed by atoms with Crippen LogP contribution in [0, 0.1) is 5.92 Å². The molecule has 2 aliphatic heterocycles. The first-order chi connectivity index (χ1) is 12.5. The van der Waals surface area contributed by atoms with E-state index in [-0.39, 0.29) is 17.4 Å². The maximum atomic E-state index is 13.0. The first kappa shape index (κ1) is 17.2.